The summed E-state index contributed by atoms with van der Waals surface area (Å²) in [4.78, 5) is 0. The molecule has 0 heterocycles. The van der Waals surface area contributed by atoms with Gasteiger partial charge in [-0.3, -0.25) is 0 Å². The van der Waals surface area contributed by atoms with Crippen molar-refractivity contribution < 1.29 is 5.11 Å². The standard InChI is InChI=1S/C4H9BO/c1-3-4(2,5)6/h6H,3H2,1-2H3. The molecule has 0 aromatic rings. The van der Waals surface area contributed by atoms with E-state index in [0.717, 1.165) is 0 Å². The summed E-state index contributed by atoms with van der Waals surface area (Å²) in [5, 5.41) is 8.60. The molecule has 0 saturated heterocycles. The van der Waals surface area contributed by atoms with Gasteiger partial charge in [0.05, 0.1) is 0 Å². The first kappa shape index (κ1) is 6.02. The summed E-state index contributed by atoms with van der Waals surface area (Å²) in [7, 11) is 5.09. The van der Waals surface area contributed by atoms with Crippen LogP contribution >= 0.6 is 0 Å². The van der Waals surface area contributed by atoms with Gasteiger partial charge in [-0.25, -0.2) is 0 Å². The van der Waals surface area contributed by atoms with Gasteiger partial charge >= 0.3 is 0 Å². The molecule has 1 atom stereocenters. The molecule has 0 aliphatic rings. The number of hydrogen-bond donors (Lipinski definition) is 1. The fraction of sp³-hybridized carbons (Fsp3) is 1.00. The van der Waals surface area contributed by atoms with Crippen LogP contribution in [0, 0.1) is 0 Å². The Morgan fingerprint density at radius 3 is 2.00 bits per heavy atom. The average molecular weight is 83.9 g/mol. The Kier molecular flexibility index (Phi) is 1.66. The van der Waals surface area contributed by atoms with E-state index in [1.54, 1.807) is 6.92 Å². The van der Waals surface area contributed by atoms with Crippen LogP contribution in [-0.4, -0.2) is 18.5 Å². The average Bonchev–Trinajstić information content (AvgIpc) is 1.35. The molecule has 0 bridgehead atoms. The predicted octanol–water partition coefficient (Wildman–Crippen LogP) is 0.273. The first-order valence-corrected chi connectivity index (χ1v) is 2.07. The third-order valence-electron chi connectivity index (χ3n) is 0.716. The van der Waals surface area contributed by atoms with Crippen LogP contribution in [0.3, 0.4) is 0 Å². The van der Waals surface area contributed by atoms with E-state index < -0.39 is 5.50 Å². The van der Waals surface area contributed by atoms with Crippen molar-refractivity contribution in [3.05, 3.63) is 0 Å². The molecule has 0 fully saturated rings. The Morgan fingerprint density at radius 2 is 2.00 bits per heavy atom. The molecule has 0 aliphatic carbocycles. The molecule has 34 valence electrons. The topological polar surface area (TPSA) is 20.2 Å². The lowest BCUT2D eigenvalue weighted by atomic mass is 9.82. The van der Waals surface area contributed by atoms with Gasteiger partial charge in [0.15, 0.2) is 0 Å². The third kappa shape index (κ3) is 4.02. The summed E-state index contributed by atoms with van der Waals surface area (Å²) < 4.78 is 0. The van der Waals surface area contributed by atoms with E-state index in [4.69, 9.17) is 13.0 Å². The smallest absolute Gasteiger partial charge is 0.112 e. The molecule has 0 spiro atoms. The fourth-order valence-corrected chi connectivity index (χ4v) is 0. The molecule has 0 rings (SSSR count). The second-order valence-electron chi connectivity index (χ2n) is 1.71. The molecule has 0 aromatic heterocycles. The zero-order valence-corrected chi connectivity index (χ0v) is 4.23. The van der Waals surface area contributed by atoms with E-state index in [1.165, 1.54) is 0 Å². The van der Waals surface area contributed by atoms with Crippen LogP contribution in [0.1, 0.15) is 20.3 Å². The summed E-state index contributed by atoms with van der Waals surface area (Å²) in [6.07, 6.45) is 0.604. The molecule has 0 aliphatic heterocycles. The van der Waals surface area contributed by atoms with Gasteiger partial charge in [-0.05, 0) is 13.3 Å². The van der Waals surface area contributed by atoms with E-state index in [0.29, 0.717) is 6.42 Å². The number of hydrogen-bond acceptors (Lipinski definition) is 1. The highest BCUT2D eigenvalue weighted by Gasteiger charge is 2.05. The largest absolute Gasteiger partial charge is 0.400 e. The second-order valence-corrected chi connectivity index (χ2v) is 1.71. The molecule has 0 aromatic carbocycles. The molecule has 2 radical (unpaired) electrons. The van der Waals surface area contributed by atoms with Gasteiger partial charge in [0.25, 0.3) is 0 Å². The SMILES string of the molecule is [B]C(C)(O)CC. The van der Waals surface area contributed by atoms with Crippen molar-refractivity contribution in [2.75, 3.05) is 0 Å². The summed E-state index contributed by atoms with van der Waals surface area (Å²) in [6.45, 7) is 3.41. The second kappa shape index (κ2) is 1.65. The lowest BCUT2D eigenvalue weighted by Gasteiger charge is -2.12. The first-order chi connectivity index (χ1) is 2.56. The molecule has 0 saturated carbocycles. The van der Waals surface area contributed by atoms with Crippen molar-refractivity contribution in [1.29, 1.82) is 0 Å². The summed E-state index contributed by atoms with van der Waals surface area (Å²) in [6, 6.07) is 0. The van der Waals surface area contributed by atoms with Gasteiger partial charge in [0.1, 0.15) is 7.85 Å². The van der Waals surface area contributed by atoms with Gasteiger partial charge in [0.2, 0.25) is 0 Å². The minimum Gasteiger partial charge on any atom is -0.400 e. The molecule has 6 heavy (non-hydrogen) atoms. The van der Waals surface area contributed by atoms with Crippen LogP contribution in [0.2, 0.25) is 0 Å². The lowest BCUT2D eigenvalue weighted by Crippen LogP contribution is -2.21. The maximum absolute atomic E-state index is 8.60. The minimum absolute atomic E-state index is 0.604. The monoisotopic (exact) mass is 84.1 g/mol. The van der Waals surface area contributed by atoms with Gasteiger partial charge in [-0.15, -0.1) is 0 Å². The van der Waals surface area contributed by atoms with E-state index in [2.05, 4.69) is 0 Å². The Balaban J connectivity index is 3.17. The van der Waals surface area contributed by atoms with E-state index >= 15 is 0 Å². The van der Waals surface area contributed by atoms with Crippen LogP contribution in [0.5, 0.6) is 0 Å². The van der Waals surface area contributed by atoms with Gasteiger partial charge < -0.3 is 5.11 Å². The number of aliphatic hydroxyl groups is 1. The highest BCUT2D eigenvalue weighted by molar-refractivity contribution is 6.13. The Morgan fingerprint density at radius 1 is 1.83 bits per heavy atom. The molecule has 0 amide bonds. The molecule has 1 N–H and O–H groups in total. The normalized spacial score (nSPS) is 19.8. The Hall–Kier alpha value is 0.0249. The highest BCUT2D eigenvalue weighted by atomic mass is 16.3. The summed E-state index contributed by atoms with van der Waals surface area (Å²) in [5.74, 6) is 0. The van der Waals surface area contributed by atoms with Crippen molar-refractivity contribution in [2.24, 2.45) is 0 Å². The van der Waals surface area contributed by atoms with E-state index in [-0.39, 0.29) is 0 Å². The molecular formula is C4H9BO. The minimum atomic E-state index is -0.958. The van der Waals surface area contributed by atoms with Gasteiger partial charge in [-0.1, -0.05) is 6.92 Å². The van der Waals surface area contributed by atoms with Crippen molar-refractivity contribution in [3.63, 3.8) is 0 Å². The fourth-order valence-electron chi connectivity index (χ4n) is 0. The van der Waals surface area contributed by atoms with Crippen LogP contribution in [0.4, 0.5) is 0 Å². The maximum atomic E-state index is 8.60. The van der Waals surface area contributed by atoms with Crippen molar-refractivity contribution in [3.8, 4) is 0 Å². The van der Waals surface area contributed by atoms with Crippen molar-refractivity contribution in [1.82, 2.24) is 0 Å². The van der Waals surface area contributed by atoms with E-state index in [1.807, 2.05) is 6.92 Å². The molecule has 1 nitrogen and oxygen atoms in total. The molecule has 2 heteroatoms. The number of rotatable bonds is 1. The summed E-state index contributed by atoms with van der Waals surface area (Å²) in [5.41, 5.74) is -0.958. The van der Waals surface area contributed by atoms with Crippen molar-refractivity contribution in [2.45, 2.75) is 25.8 Å². The molecular weight excluding hydrogens is 74.9 g/mol. The Bertz CT molecular complexity index is 37.3. The van der Waals surface area contributed by atoms with Crippen LogP contribution in [-0.2, 0) is 0 Å². The van der Waals surface area contributed by atoms with Gasteiger partial charge in [0, 0.05) is 5.50 Å². The Labute approximate surface area is 39.8 Å². The van der Waals surface area contributed by atoms with Gasteiger partial charge in [-0.2, -0.15) is 0 Å². The quantitative estimate of drug-likeness (QED) is 0.452. The van der Waals surface area contributed by atoms with Crippen LogP contribution < -0.4 is 0 Å². The summed E-state index contributed by atoms with van der Waals surface area (Å²) >= 11 is 0. The third-order valence-corrected chi connectivity index (χ3v) is 0.716. The predicted molar refractivity (Wildman–Crippen MR) is 26.7 cm³/mol. The highest BCUT2D eigenvalue weighted by Crippen LogP contribution is 1.98. The van der Waals surface area contributed by atoms with E-state index in [9.17, 15) is 0 Å². The zero-order valence-electron chi connectivity index (χ0n) is 4.23. The lowest BCUT2D eigenvalue weighted by molar-refractivity contribution is 0.144. The van der Waals surface area contributed by atoms with Crippen LogP contribution in [0.15, 0.2) is 0 Å². The first-order valence-electron chi connectivity index (χ1n) is 2.07. The van der Waals surface area contributed by atoms with Crippen molar-refractivity contribution >= 4 is 7.85 Å². The molecule has 1 unspecified atom stereocenters. The maximum Gasteiger partial charge on any atom is 0.112 e. The zero-order chi connectivity index (χ0) is 5.21. The van der Waals surface area contributed by atoms with Crippen LogP contribution in [0.25, 0.3) is 0 Å².